The lowest BCUT2D eigenvalue weighted by Crippen LogP contribution is -2.38. The second-order valence-electron chi connectivity index (χ2n) is 5.40. The minimum Gasteiger partial charge on any atom is -0.494 e. The van der Waals surface area contributed by atoms with E-state index in [0.29, 0.717) is 11.3 Å². The van der Waals surface area contributed by atoms with Gasteiger partial charge in [0.2, 0.25) is 0 Å². The number of hydrogen-bond donors (Lipinski definition) is 1. The lowest BCUT2D eigenvalue weighted by molar-refractivity contribution is -0.141. The van der Waals surface area contributed by atoms with Crippen molar-refractivity contribution in [2.75, 3.05) is 13.7 Å². The molecule has 0 aromatic heterocycles. The fraction of sp³-hybridized carbons (Fsp3) is 0.467. The number of hydrogen-bond acceptors (Lipinski definition) is 3. The number of ether oxygens (including phenoxy) is 1. The van der Waals surface area contributed by atoms with E-state index in [1.54, 1.807) is 11.8 Å². The largest absolute Gasteiger partial charge is 0.494 e. The van der Waals surface area contributed by atoms with Gasteiger partial charge in [0, 0.05) is 18.2 Å². The smallest absolute Gasteiger partial charge is 0.308 e. The van der Waals surface area contributed by atoms with E-state index in [-0.39, 0.29) is 28.5 Å². The Labute approximate surface area is 138 Å². The zero-order valence-electron chi connectivity index (χ0n) is 12.3. The molecule has 0 unspecified atom stereocenters. The molecule has 1 atom stereocenters. The third-order valence-corrected chi connectivity index (χ3v) is 4.15. The van der Waals surface area contributed by atoms with Gasteiger partial charge >= 0.3 is 5.97 Å². The third kappa shape index (κ3) is 3.65. The Morgan fingerprint density at radius 3 is 2.32 bits per heavy atom. The van der Waals surface area contributed by atoms with Crippen molar-refractivity contribution in [2.45, 2.75) is 25.8 Å². The normalized spacial score (nSPS) is 15.3. The van der Waals surface area contributed by atoms with Gasteiger partial charge in [-0.3, -0.25) is 9.59 Å². The van der Waals surface area contributed by atoms with Crippen molar-refractivity contribution in [3.8, 4) is 5.75 Å². The molecule has 1 aromatic carbocycles. The van der Waals surface area contributed by atoms with Crippen LogP contribution in [0.4, 0.5) is 0 Å². The molecular weight excluding hydrogens is 329 g/mol. The molecule has 0 heterocycles. The van der Waals surface area contributed by atoms with E-state index >= 15 is 0 Å². The number of halogens is 2. The average molecular weight is 346 g/mol. The van der Waals surface area contributed by atoms with Gasteiger partial charge in [-0.25, -0.2) is 0 Å². The molecule has 1 amide bonds. The van der Waals surface area contributed by atoms with Crippen LogP contribution in [0.15, 0.2) is 12.1 Å². The van der Waals surface area contributed by atoms with Crippen LogP contribution < -0.4 is 4.74 Å². The SMILES string of the molecule is COc1c(Cl)cc(C(=O)N(C[C@@H](C)C(=O)O)C2CC2)cc1Cl. The molecule has 7 heteroatoms. The Kier molecular flexibility index (Phi) is 5.19. The van der Waals surface area contributed by atoms with Crippen molar-refractivity contribution in [1.29, 1.82) is 0 Å². The molecule has 0 radical (unpaired) electrons. The molecule has 0 saturated heterocycles. The first-order chi connectivity index (χ1) is 10.3. The quantitative estimate of drug-likeness (QED) is 0.858. The predicted molar refractivity (Wildman–Crippen MR) is 83.9 cm³/mol. The van der Waals surface area contributed by atoms with Gasteiger partial charge in [-0.15, -0.1) is 0 Å². The molecule has 0 aliphatic heterocycles. The van der Waals surface area contributed by atoms with Gasteiger partial charge in [-0.05, 0) is 25.0 Å². The summed E-state index contributed by atoms with van der Waals surface area (Å²) in [5.74, 6) is -1.50. The van der Waals surface area contributed by atoms with Crippen molar-refractivity contribution in [1.82, 2.24) is 4.90 Å². The van der Waals surface area contributed by atoms with E-state index in [9.17, 15) is 9.59 Å². The number of carboxylic acid groups (broad SMARTS) is 1. The van der Waals surface area contributed by atoms with E-state index in [4.69, 9.17) is 33.0 Å². The van der Waals surface area contributed by atoms with E-state index in [2.05, 4.69) is 0 Å². The van der Waals surface area contributed by atoms with Crippen LogP contribution >= 0.6 is 23.2 Å². The molecule has 0 bridgehead atoms. The fourth-order valence-electron chi connectivity index (χ4n) is 2.20. The molecule has 5 nitrogen and oxygen atoms in total. The van der Waals surface area contributed by atoms with Crippen molar-refractivity contribution >= 4 is 35.1 Å². The van der Waals surface area contributed by atoms with Gasteiger partial charge < -0.3 is 14.7 Å². The summed E-state index contributed by atoms with van der Waals surface area (Å²) in [7, 11) is 1.44. The van der Waals surface area contributed by atoms with Gasteiger partial charge in [-0.1, -0.05) is 30.1 Å². The standard InChI is InChI=1S/C15H17Cl2NO4/c1-8(15(20)21)7-18(10-3-4-10)14(19)9-5-11(16)13(22-2)12(17)6-9/h5-6,8,10H,3-4,7H2,1-2H3,(H,20,21)/t8-/m1/s1. The van der Waals surface area contributed by atoms with Gasteiger partial charge in [0.1, 0.15) is 0 Å². The summed E-state index contributed by atoms with van der Waals surface area (Å²) in [6.07, 6.45) is 1.77. The summed E-state index contributed by atoms with van der Waals surface area (Å²) in [5.41, 5.74) is 0.334. The van der Waals surface area contributed by atoms with Crippen molar-refractivity contribution < 1.29 is 19.4 Å². The maximum atomic E-state index is 12.7. The summed E-state index contributed by atoms with van der Waals surface area (Å²) < 4.78 is 5.06. The lowest BCUT2D eigenvalue weighted by atomic mass is 10.1. The Bertz CT molecular complexity index is 578. The summed E-state index contributed by atoms with van der Waals surface area (Å²) in [5, 5.41) is 9.55. The zero-order chi connectivity index (χ0) is 16.4. The van der Waals surface area contributed by atoms with Crippen LogP contribution in [0.1, 0.15) is 30.1 Å². The van der Waals surface area contributed by atoms with Gasteiger partial charge in [-0.2, -0.15) is 0 Å². The highest BCUT2D eigenvalue weighted by Crippen LogP contribution is 2.35. The summed E-state index contributed by atoms with van der Waals surface area (Å²) in [4.78, 5) is 25.3. The number of carbonyl (C=O) groups is 2. The van der Waals surface area contributed by atoms with Gasteiger partial charge in [0.15, 0.2) is 5.75 Å². The molecular formula is C15H17Cl2NO4. The number of nitrogens with zero attached hydrogens (tertiary/aromatic N) is 1. The van der Waals surface area contributed by atoms with Crippen LogP contribution in [0, 0.1) is 5.92 Å². The first kappa shape index (κ1) is 16.9. The van der Waals surface area contributed by atoms with Crippen molar-refractivity contribution in [3.63, 3.8) is 0 Å². The highest BCUT2D eigenvalue weighted by Gasteiger charge is 2.35. The Hall–Kier alpha value is -1.46. The molecule has 2 rings (SSSR count). The van der Waals surface area contributed by atoms with Crippen LogP contribution in [0.5, 0.6) is 5.75 Å². The predicted octanol–water partition coefficient (Wildman–Crippen LogP) is 3.33. The molecule has 1 fully saturated rings. The van der Waals surface area contributed by atoms with E-state index in [1.165, 1.54) is 19.2 Å². The Morgan fingerprint density at radius 2 is 1.91 bits per heavy atom. The van der Waals surface area contributed by atoms with Crippen LogP contribution in [-0.2, 0) is 4.79 Å². The zero-order valence-corrected chi connectivity index (χ0v) is 13.8. The first-order valence-corrected chi connectivity index (χ1v) is 7.67. The van der Waals surface area contributed by atoms with E-state index < -0.39 is 11.9 Å². The number of benzene rings is 1. The summed E-state index contributed by atoms with van der Waals surface area (Å²) in [6, 6.07) is 3.08. The fourth-order valence-corrected chi connectivity index (χ4v) is 2.84. The van der Waals surface area contributed by atoms with Crippen LogP contribution in [0.25, 0.3) is 0 Å². The van der Waals surface area contributed by atoms with E-state index in [0.717, 1.165) is 12.8 Å². The Morgan fingerprint density at radius 1 is 1.36 bits per heavy atom. The second-order valence-corrected chi connectivity index (χ2v) is 6.22. The van der Waals surface area contributed by atoms with Crippen molar-refractivity contribution in [2.24, 2.45) is 5.92 Å². The molecule has 0 spiro atoms. The molecule has 1 aliphatic rings. The summed E-state index contributed by atoms with van der Waals surface area (Å²) in [6.45, 7) is 1.75. The highest BCUT2D eigenvalue weighted by molar-refractivity contribution is 6.37. The van der Waals surface area contributed by atoms with Gasteiger partial charge in [0.05, 0.1) is 23.1 Å². The number of carbonyl (C=O) groups excluding carboxylic acids is 1. The number of aliphatic carboxylic acids is 1. The number of carboxylic acids is 1. The lowest BCUT2D eigenvalue weighted by Gasteiger charge is -2.24. The number of rotatable bonds is 6. The third-order valence-electron chi connectivity index (χ3n) is 3.59. The molecule has 120 valence electrons. The molecule has 1 aromatic rings. The molecule has 1 saturated carbocycles. The van der Waals surface area contributed by atoms with E-state index in [1.807, 2.05) is 0 Å². The Balaban J connectivity index is 2.26. The maximum Gasteiger partial charge on any atom is 0.308 e. The minimum atomic E-state index is -0.927. The van der Waals surface area contributed by atoms with Crippen LogP contribution in [-0.4, -0.2) is 41.6 Å². The molecule has 22 heavy (non-hydrogen) atoms. The monoisotopic (exact) mass is 345 g/mol. The van der Waals surface area contributed by atoms with Crippen molar-refractivity contribution in [3.05, 3.63) is 27.7 Å². The van der Waals surface area contributed by atoms with Crippen LogP contribution in [0.3, 0.4) is 0 Å². The minimum absolute atomic E-state index is 0.0916. The topological polar surface area (TPSA) is 66.8 Å². The summed E-state index contributed by atoms with van der Waals surface area (Å²) >= 11 is 12.1. The second kappa shape index (κ2) is 6.75. The van der Waals surface area contributed by atoms with Crippen LogP contribution in [0.2, 0.25) is 10.0 Å². The number of amides is 1. The molecule has 1 N–H and O–H groups in total. The maximum absolute atomic E-state index is 12.7. The number of methoxy groups -OCH3 is 1. The average Bonchev–Trinajstić information content (AvgIpc) is 3.27. The molecule has 1 aliphatic carbocycles. The van der Waals surface area contributed by atoms with Gasteiger partial charge in [0.25, 0.3) is 5.91 Å². The highest BCUT2D eigenvalue weighted by atomic mass is 35.5. The first-order valence-electron chi connectivity index (χ1n) is 6.92.